The average Bonchev–Trinajstić information content (AvgIpc) is 2.44. The Hall–Kier alpha value is -0.990. The molecule has 0 radical (unpaired) electrons. The van der Waals surface area contributed by atoms with Crippen LogP contribution in [0.25, 0.3) is 0 Å². The lowest BCUT2D eigenvalue weighted by atomic mass is 9.90. The number of aromatic nitrogens is 1. The molecule has 0 aromatic carbocycles. The van der Waals surface area contributed by atoms with Gasteiger partial charge in [0.25, 0.3) is 0 Å². The standard InChI is InChI=1S/C11H20N2O/c1-6-11(4,5)7-12-10-8(2)13-14-9(10)3/h12H,6-7H2,1-5H3. The first-order valence-electron chi connectivity index (χ1n) is 5.13. The molecule has 80 valence electrons. The Morgan fingerprint density at radius 3 is 2.43 bits per heavy atom. The van der Waals surface area contributed by atoms with E-state index >= 15 is 0 Å². The first-order valence-corrected chi connectivity index (χ1v) is 5.13. The van der Waals surface area contributed by atoms with E-state index in [1.165, 1.54) is 0 Å². The highest BCUT2D eigenvalue weighted by Gasteiger charge is 2.16. The van der Waals surface area contributed by atoms with Crippen molar-refractivity contribution >= 4 is 5.69 Å². The van der Waals surface area contributed by atoms with Crippen LogP contribution in [0.5, 0.6) is 0 Å². The fourth-order valence-corrected chi connectivity index (χ4v) is 1.19. The molecule has 0 aliphatic carbocycles. The minimum absolute atomic E-state index is 0.316. The molecule has 0 fully saturated rings. The van der Waals surface area contributed by atoms with Gasteiger partial charge in [0.05, 0.1) is 0 Å². The van der Waals surface area contributed by atoms with Gasteiger partial charge in [0, 0.05) is 6.54 Å². The van der Waals surface area contributed by atoms with E-state index in [1.807, 2.05) is 13.8 Å². The summed E-state index contributed by atoms with van der Waals surface area (Å²) < 4.78 is 5.08. The van der Waals surface area contributed by atoms with E-state index in [0.29, 0.717) is 5.41 Å². The Bertz CT molecular complexity index is 283. The van der Waals surface area contributed by atoms with Crippen molar-refractivity contribution < 1.29 is 4.52 Å². The molecular formula is C11H20N2O. The van der Waals surface area contributed by atoms with Gasteiger partial charge in [-0.15, -0.1) is 0 Å². The van der Waals surface area contributed by atoms with Gasteiger partial charge in [-0.05, 0) is 25.7 Å². The lowest BCUT2D eigenvalue weighted by molar-refractivity contribution is 0.375. The number of anilines is 1. The summed E-state index contributed by atoms with van der Waals surface area (Å²) in [6, 6.07) is 0. The molecule has 0 bridgehead atoms. The van der Waals surface area contributed by atoms with Crippen molar-refractivity contribution in [1.29, 1.82) is 0 Å². The smallest absolute Gasteiger partial charge is 0.156 e. The summed E-state index contributed by atoms with van der Waals surface area (Å²) in [6.07, 6.45) is 1.16. The van der Waals surface area contributed by atoms with Crippen molar-refractivity contribution in [2.75, 3.05) is 11.9 Å². The summed E-state index contributed by atoms with van der Waals surface area (Å²) in [7, 11) is 0. The Balaban J connectivity index is 2.62. The molecule has 1 heterocycles. The second kappa shape index (κ2) is 4.03. The third-order valence-corrected chi connectivity index (χ3v) is 2.73. The molecule has 0 spiro atoms. The Morgan fingerprint density at radius 1 is 1.36 bits per heavy atom. The van der Waals surface area contributed by atoms with Crippen LogP contribution in [-0.4, -0.2) is 11.7 Å². The molecule has 1 aromatic rings. The number of hydrogen-bond donors (Lipinski definition) is 1. The van der Waals surface area contributed by atoms with Gasteiger partial charge in [0.15, 0.2) is 5.76 Å². The summed E-state index contributed by atoms with van der Waals surface area (Å²) >= 11 is 0. The average molecular weight is 196 g/mol. The van der Waals surface area contributed by atoms with Crippen molar-refractivity contribution in [2.24, 2.45) is 5.41 Å². The van der Waals surface area contributed by atoms with Gasteiger partial charge in [-0.25, -0.2) is 0 Å². The van der Waals surface area contributed by atoms with Gasteiger partial charge < -0.3 is 9.84 Å². The summed E-state index contributed by atoms with van der Waals surface area (Å²) in [5.74, 6) is 0.870. The van der Waals surface area contributed by atoms with E-state index in [4.69, 9.17) is 4.52 Å². The quantitative estimate of drug-likeness (QED) is 0.804. The van der Waals surface area contributed by atoms with E-state index in [2.05, 4.69) is 31.2 Å². The number of nitrogens with zero attached hydrogens (tertiary/aromatic N) is 1. The van der Waals surface area contributed by atoms with Crippen molar-refractivity contribution in [3.05, 3.63) is 11.5 Å². The zero-order valence-electron chi connectivity index (χ0n) is 9.77. The van der Waals surface area contributed by atoms with Crippen molar-refractivity contribution in [1.82, 2.24) is 5.16 Å². The first kappa shape index (κ1) is 11.1. The molecule has 1 aromatic heterocycles. The van der Waals surface area contributed by atoms with E-state index in [1.54, 1.807) is 0 Å². The van der Waals surface area contributed by atoms with Crippen molar-refractivity contribution in [2.45, 2.75) is 41.0 Å². The van der Waals surface area contributed by atoms with E-state index < -0.39 is 0 Å². The largest absolute Gasteiger partial charge is 0.380 e. The first-order chi connectivity index (χ1) is 6.46. The highest BCUT2D eigenvalue weighted by molar-refractivity contribution is 5.49. The minimum atomic E-state index is 0.316. The SMILES string of the molecule is CCC(C)(C)CNc1c(C)noc1C. The third-order valence-electron chi connectivity index (χ3n) is 2.73. The van der Waals surface area contributed by atoms with Crippen LogP contribution in [0.1, 0.15) is 38.6 Å². The molecular weight excluding hydrogens is 176 g/mol. The molecule has 0 amide bonds. The predicted molar refractivity (Wildman–Crippen MR) is 58.5 cm³/mol. The van der Waals surface area contributed by atoms with E-state index in [9.17, 15) is 0 Å². The third kappa shape index (κ3) is 2.50. The molecule has 0 saturated heterocycles. The second-order valence-electron chi connectivity index (χ2n) is 4.57. The maximum atomic E-state index is 5.08. The fourth-order valence-electron chi connectivity index (χ4n) is 1.19. The molecule has 0 aliphatic heterocycles. The molecule has 3 nitrogen and oxygen atoms in total. The number of rotatable bonds is 4. The second-order valence-corrected chi connectivity index (χ2v) is 4.57. The zero-order valence-corrected chi connectivity index (χ0v) is 9.77. The van der Waals surface area contributed by atoms with Gasteiger partial charge in [0.1, 0.15) is 11.4 Å². The summed E-state index contributed by atoms with van der Waals surface area (Å²) in [5.41, 5.74) is 2.30. The highest BCUT2D eigenvalue weighted by atomic mass is 16.5. The van der Waals surface area contributed by atoms with E-state index in [0.717, 1.165) is 30.1 Å². The molecule has 0 atom stereocenters. The van der Waals surface area contributed by atoms with Crippen LogP contribution in [0.2, 0.25) is 0 Å². The van der Waals surface area contributed by atoms with Gasteiger partial charge in [-0.1, -0.05) is 25.9 Å². The highest BCUT2D eigenvalue weighted by Crippen LogP contribution is 2.24. The molecule has 0 unspecified atom stereocenters. The van der Waals surface area contributed by atoms with Gasteiger partial charge in [-0.2, -0.15) is 0 Å². The van der Waals surface area contributed by atoms with Crippen LogP contribution in [0.4, 0.5) is 5.69 Å². The minimum Gasteiger partial charge on any atom is -0.380 e. The Kier molecular flexibility index (Phi) is 3.19. The van der Waals surface area contributed by atoms with Gasteiger partial charge >= 0.3 is 0 Å². The lowest BCUT2D eigenvalue weighted by Crippen LogP contribution is -2.22. The maximum Gasteiger partial charge on any atom is 0.156 e. The van der Waals surface area contributed by atoms with Crippen LogP contribution >= 0.6 is 0 Å². The molecule has 1 rings (SSSR count). The molecule has 1 N–H and O–H groups in total. The lowest BCUT2D eigenvalue weighted by Gasteiger charge is -2.23. The molecule has 14 heavy (non-hydrogen) atoms. The normalized spacial score (nSPS) is 11.8. The maximum absolute atomic E-state index is 5.08. The fraction of sp³-hybridized carbons (Fsp3) is 0.727. The predicted octanol–water partition coefficient (Wildman–Crippen LogP) is 3.14. The van der Waals surface area contributed by atoms with Gasteiger partial charge in [0.2, 0.25) is 0 Å². The van der Waals surface area contributed by atoms with Crippen LogP contribution in [0, 0.1) is 19.3 Å². The number of aryl methyl sites for hydroxylation is 2. The van der Waals surface area contributed by atoms with Gasteiger partial charge in [-0.3, -0.25) is 0 Å². The monoisotopic (exact) mass is 196 g/mol. The number of hydrogen-bond acceptors (Lipinski definition) is 3. The van der Waals surface area contributed by atoms with Crippen LogP contribution in [0.15, 0.2) is 4.52 Å². The van der Waals surface area contributed by atoms with Crippen molar-refractivity contribution in [3.63, 3.8) is 0 Å². The number of nitrogens with one attached hydrogen (secondary N) is 1. The zero-order chi connectivity index (χ0) is 10.8. The molecule has 0 aliphatic rings. The van der Waals surface area contributed by atoms with E-state index in [-0.39, 0.29) is 0 Å². The van der Waals surface area contributed by atoms with Crippen LogP contribution in [0.3, 0.4) is 0 Å². The topological polar surface area (TPSA) is 38.1 Å². The van der Waals surface area contributed by atoms with Crippen molar-refractivity contribution in [3.8, 4) is 0 Å². The summed E-state index contributed by atoms with van der Waals surface area (Å²) in [5, 5.41) is 7.30. The Morgan fingerprint density at radius 2 is 2.00 bits per heavy atom. The van der Waals surface area contributed by atoms with Crippen LogP contribution in [-0.2, 0) is 0 Å². The summed E-state index contributed by atoms with van der Waals surface area (Å²) in [4.78, 5) is 0. The Labute approximate surface area is 85.9 Å². The molecule has 0 saturated carbocycles. The summed E-state index contributed by atoms with van der Waals surface area (Å²) in [6.45, 7) is 11.5. The van der Waals surface area contributed by atoms with Crippen LogP contribution < -0.4 is 5.32 Å². The molecule has 3 heteroatoms.